The molecule has 0 aliphatic heterocycles. The monoisotopic (exact) mass is 290 g/mol. The lowest BCUT2D eigenvalue weighted by Gasteiger charge is -2.11. The van der Waals surface area contributed by atoms with Crippen molar-refractivity contribution in [3.63, 3.8) is 0 Å². The van der Waals surface area contributed by atoms with Crippen molar-refractivity contribution in [3.05, 3.63) is 52.7 Å². The Labute approximate surface area is 119 Å². The third-order valence-electron chi connectivity index (χ3n) is 2.96. The first-order valence-electron chi connectivity index (χ1n) is 6.33. The fourth-order valence-electron chi connectivity index (χ4n) is 2.19. The van der Waals surface area contributed by atoms with Crippen LogP contribution >= 0.6 is 0 Å². The van der Waals surface area contributed by atoms with Gasteiger partial charge in [0.15, 0.2) is 0 Å². The minimum atomic E-state index is -3.61. The number of aryl methyl sites for hydroxylation is 4. The zero-order chi connectivity index (χ0) is 14.9. The summed E-state index contributed by atoms with van der Waals surface area (Å²) in [5, 5.41) is 0. The van der Waals surface area contributed by atoms with Crippen LogP contribution in [0.2, 0.25) is 0 Å². The van der Waals surface area contributed by atoms with Gasteiger partial charge < -0.3 is 0 Å². The molecule has 0 atom stereocenters. The second kappa shape index (κ2) is 5.25. The van der Waals surface area contributed by atoms with Crippen molar-refractivity contribution in [2.75, 3.05) is 4.72 Å². The lowest BCUT2D eigenvalue weighted by atomic mass is 10.2. The number of nitrogens with one attached hydrogen (secondary N) is 1. The van der Waals surface area contributed by atoms with Crippen molar-refractivity contribution < 1.29 is 8.42 Å². The standard InChI is InChI=1S/C15H18N2O2S/c1-10-5-6-14(12(3)7-10)20(18,19)17-15-9-11(2)8-13(4)16-15/h5-9H,1-4H3,(H,16,17). The summed E-state index contributed by atoms with van der Waals surface area (Å²) in [6.45, 7) is 7.46. The number of rotatable bonds is 3. The maximum absolute atomic E-state index is 12.4. The maximum Gasteiger partial charge on any atom is 0.263 e. The number of benzene rings is 1. The number of anilines is 1. The first-order chi connectivity index (χ1) is 9.28. The highest BCUT2D eigenvalue weighted by atomic mass is 32.2. The van der Waals surface area contributed by atoms with Crippen molar-refractivity contribution in [1.82, 2.24) is 4.98 Å². The van der Waals surface area contributed by atoms with E-state index in [1.165, 1.54) is 0 Å². The number of nitrogens with zero attached hydrogens (tertiary/aromatic N) is 1. The molecule has 2 aromatic rings. The van der Waals surface area contributed by atoms with Gasteiger partial charge in [-0.05, 0) is 57.0 Å². The van der Waals surface area contributed by atoms with Crippen LogP contribution in [0, 0.1) is 27.7 Å². The van der Waals surface area contributed by atoms with Crippen LogP contribution in [-0.4, -0.2) is 13.4 Å². The number of aromatic nitrogens is 1. The van der Waals surface area contributed by atoms with Gasteiger partial charge in [-0.15, -0.1) is 0 Å². The molecule has 1 N–H and O–H groups in total. The van der Waals surface area contributed by atoms with Crippen LogP contribution in [0.4, 0.5) is 5.82 Å². The van der Waals surface area contributed by atoms with E-state index in [0.717, 1.165) is 22.4 Å². The molecule has 106 valence electrons. The molecule has 0 bridgehead atoms. The van der Waals surface area contributed by atoms with Crippen LogP contribution in [0.3, 0.4) is 0 Å². The molecule has 1 aromatic carbocycles. The molecule has 20 heavy (non-hydrogen) atoms. The summed E-state index contributed by atoms with van der Waals surface area (Å²) in [5.41, 5.74) is 3.51. The minimum absolute atomic E-state index is 0.282. The fourth-order valence-corrected chi connectivity index (χ4v) is 3.41. The topological polar surface area (TPSA) is 59.1 Å². The van der Waals surface area contributed by atoms with Crippen LogP contribution in [0.25, 0.3) is 0 Å². The third-order valence-corrected chi connectivity index (χ3v) is 4.47. The van der Waals surface area contributed by atoms with Crippen molar-refractivity contribution in [3.8, 4) is 0 Å². The normalized spacial score (nSPS) is 11.4. The van der Waals surface area contributed by atoms with Gasteiger partial charge in [-0.2, -0.15) is 0 Å². The summed E-state index contributed by atoms with van der Waals surface area (Å²) in [4.78, 5) is 4.48. The van der Waals surface area contributed by atoms with E-state index in [-0.39, 0.29) is 4.90 Å². The molecular formula is C15H18N2O2S. The molecule has 0 unspecified atom stereocenters. The van der Waals surface area contributed by atoms with E-state index in [2.05, 4.69) is 9.71 Å². The largest absolute Gasteiger partial charge is 0.263 e. The fraction of sp³-hybridized carbons (Fsp3) is 0.267. The maximum atomic E-state index is 12.4. The SMILES string of the molecule is Cc1cc(C)nc(NS(=O)(=O)c2ccc(C)cc2C)c1. The Bertz CT molecular complexity index is 732. The summed E-state index contributed by atoms with van der Waals surface area (Å²) in [6, 6.07) is 8.87. The lowest BCUT2D eigenvalue weighted by molar-refractivity contribution is 0.600. The summed E-state index contributed by atoms with van der Waals surface area (Å²) < 4.78 is 27.3. The summed E-state index contributed by atoms with van der Waals surface area (Å²) in [5.74, 6) is 0.350. The Morgan fingerprint density at radius 1 is 0.950 bits per heavy atom. The average Bonchev–Trinajstić information content (AvgIpc) is 2.25. The van der Waals surface area contributed by atoms with Crippen LogP contribution in [-0.2, 0) is 10.0 Å². The zero-order valence-corrected chi connectivity index (χ0v) is 12.9. The zero-order valence-electron chi connectivity index (χ0n) is 12.1. The van der Waals surface area contributed by atoms with Crippen molar-refractivity contribution >= 4 is 15.8 Å². The number of sulfonamides is 1. The molecule has 0 aliphatic carbocycles. The second-order valence-electron chi connectivity index (χ2n) is 5.05. The van der Waals surface area contributed by atoms with Gasteiger partial charge in [-0.3, -0.25) is 4.72 Å². The van der Waals surface area contributed by atoms with Gasteiger partial charge in [0.05, 0.1) is 4.90 Å². The molecule has 5 heteroatoms. The van der Waals surface area contributed by atoms with Gasteiger partial charge in [0, 0.05) is 5.69 Å². The average molecular weight is 290 g/mol. The highest BCUT2D eigenvalue weighted by Gasteiger charge is 2.17. The summed E-state index contributed by atoms with van der Waals surface area (Å²) in [7, 11) is -3.61. The summed E-state index contributed by atoms with van der Waals surface area (Å²) in [6.07, 6.45) is 0. The Morgan fingerprint density at radius 3 is 2.25 bits per heavy atom. The van der Waals surface area contributed by atoms with E-state index < -0.39 is 10.0 Å². The lowest BCUT2D eigenvalue weighted by Crippen LogP contribution is -2.15. The molecule has 0 saturated heterocycles. The smallest absolute Gasteiger partial charge is 0.263 e. The van der Waals surface area contributed by atoms with E-state index in [0.29, 0.717) is 5.82 Å². The van der Waals surface area contributed by atoms with Crippen LogP contribution < -0.4 is 4.72 Å². The molecule has 4 nitrogen and oxygen atoms in total. The van der Waals surface area contributed by atoms with Gasteiger partial charge >= 0.3 is 0 Å². The molecule has 1 heterocycles. The highest BCUT2D eigenvalue weighted by molar-refractivity contribution is 7.92. The number of hydrogen-bond donors (Lipinski definition) is 1. The Hall–Kier alpha value is -1.88. The van der Waals surface area contributed by atoms with Crippen molar-refractivity contribution in [2.24, 2.45) is 0 Å². The Morgan fingerprint density at radius 2 is 1.65 bits per heavy atom. The van der Waals surface area contributed by atoms with Gasteiger partial charge in [0.1, 0.15) is 5.82 Å². The Balaban J connectivity index is 2.40. The van der Waals surface area contributed by atoms with E-state index >= 15 is 0 Å². The molecular weight excluding hydrogens is 272 g/mol. The van der Waals surface area contributed by atoms with E-state index in [1.807, 2.05) is 32.9 Å². The number of pyridine rings is 1. The van der Waals surface area contributed by atoms with E-state index in [9.17, 15) is 8.42 Å². The molecule has 0 saturated carbocycles. The molecule has 0 radical (unpaired) electrons. The van der Waals surface area contributed by atoms with Gasteiger partial charge in [-0.1, -0.05) is 17.7 Å². The quantitative estimate of drug-likeness (QED) is 0.945. The van der Waals surface area contributed by atoms with E-state index in [4.69, 9.17) is 0 Å². The molecule has 2 rings (SSSR count). The van der Waals surface area contributed by atoms with Crippen LogP contribution in [0.5, 0.6) is 0 Å². The molecule has 0 amide bonds. The third kappa shape index (κ3) is 3.17. The van der Waals surface area contributed by atoms with Gasteiger partial charge in [0.2, 0.25) is 0 Å². The highest BCUT2D eigenvalue weighted by Crippen LogP contribution is 2.20. The first-order valence-corrected chi connectivity index (χ1v) is 7.81. The summed E-state index contributed by atoms with van der Waals surface area (Å²) >= 11 is 0. The van der Waals surface area contributed by atoms with E-state index in [1.54, 1.807) is 25.1 Å². The van der Waals surface area contributed by atoms with Gasteiger partial charge in [-0.25, -0.2) is 13.4 Å². The van der Waals surface area contributed by atoms with Crippen molar-refractivity contribution in [1.29, 1.82) is 0 Å². The minimum Gasteiger partial charge on any atom is -0.263 e. The van der Waals surface area contributed by atoms with Gasteiger partial charge in [0.25, 0.3) is 10.0 Å². The molecule has 0 spiro atoms. The number of hydrogen-bond acceptors (Lipinski definition) is 3. The Kier molecular flexibility index (Phi) is 3.81. The first kappa shape index (κ1) is 14.5. The molecule has 0 aliphatic rings. The van der Waals surface area contributed by atoms with Crippen molar-refractivity contribution in [2.45, 2.75) is 32.6 Å². The second-order valence-corrected chi connectivity index (χ2v) is 6.70. The molecule has 1 aromatic heterocycles. The van der Waals surface area contributed by atoms with Crippen LogP contribution in [0.15, 0.2) is 35.2 Å². The predicted molar refractivity (Wildman–Crippen MR) is 80.4 cm³/mol. The molecule has 0 fully saturated rings. The predicted octanol–water partition coefficient (Wildman–Crippen LogP) is 3.12. The van der Waals surface area contributed by atoms with Crippen LogP contribution in [0.1, 0.15) is 22.4 Å².